The van der Waals surface area contributed by atoms with E-state index in [4.69, 9.17) is 4.74 Å². The number of hydrogen-bond acceptors (Lipinski definition) is 7. The topological polar surface area (TPSA) is 116 Å². The summed E-state index contributed by atoms with van der Waals surface area (Å²) in [5.74, 6) is 0.590. The standard InChI is InChI=1S/C15H19N7O3/c1-21(13-11-12(18-8-17-11)19-9-20-13)5-10(23)22-4-2-3-15(7-22)6-16-14(24)25-15/h8-9H,2-7H2,1H3,(H,16,24)(H,17,18,19,20). The number of ether oxygens (including phenoxy) is 1. The molecule has 2 aliphatic heterocycles. The van der Waals surface area contributed by atoms with Crippen molar-refractivity contribution in [3.63, 3.8) is 0 Å². The number of nitrogens with zero attached hydrogens (tertiary/aromatic N) is 5. The monoisotopic (exact) mass is 345 g/mol. The van der Waals surface area contributed by atoms with E-state index in [2.05, 4.69) is 25.3 Å². The second-order valence-electron chi connectivity index (χ2n) is 6.50. The molecule has 2 aromatic heterocycles. The number of aromatic nitrogens is 4. The Bertz CT molecular complexity index is 822. The van der Waals surface area contributed by atoms with Crippen molar-refractivity contribution in [2.75, 3.05) is 38.1 Å². The summed E-state index contributed by atoms with van der Waals surface area (Å²) < 4.78 is 5.42. The first-order valence-corrected chi connectivity index (χ1v) is 8.16. The highest BCUT2D eigenvalue weighted by Gasteiger charge is 2.44. The number of H-pyrrole nitrogens is 1. The van der Waals surface area contributed by atoms with Crippen LogP contribution in [0.15, 0.2) is 12.7 Å². The first-order chi connectivity index (χ1) is 12.1. The fraction of sp³-hybridized carbons (Fsp3) is 0.533. The van der Waals surface area contributed by atoms with Crippen LogP contribution in [0.1, 0.15) is 12.8 Å². The smallest absolute Gasteiger partial charge is 0.407 e. The van der Waals surface area contributed by atoms with Crippen molar-refractivity contribution in [3.05, 3.63) is 12.7 Å². The number of piperidine rings is 1. The second-order valence-corrected chi connectivity index (χ2v) is 6.50. The molecule has 2 saturated heterocycles. The third-order valence-electron chi connectivity index (χ3n) is 4.69. The number of rotatable bonds is 3. The van der Waals surface area contributed by atoms with Crippen LogP contribution in [-0.2, 0) is 9.53 Å². The van der Waals surface area contributed by atoms with E-state index >= 15 is 0 Å². The zero-order valence-electron chi connectivity index (χ0n) is 13.9. The van der Waals surface area contributed by atoms with E-state index in [-0.39, 0.29) is 12.5 Å². The summed E-state index contributed by atoms with van der Waals surface area (Å²) in [5.41, 5.74) is 0.668. The van der Waals surface area contributed by atoms with Gasteiger partial charge in [0.15, 0.2) is 11.5 Å². The second kappa shape index (κ2) is 5.87. The summed E-state index contributed by atoms with van der Waals surface area (Å²) in [6.07, 6.45) is 4.15. The quantitative estimate of drug-likeness (QED) is 0.797. The van der Waals surface area contributed by atoms with Crippen molar-refractivity contribution >= 4 is 29.0 Å². The van der Waals surface area contributed by atoms with Crippen LogP contribution in [0.25, 0.3) is 11.2 Å². The van der Waals surface area contributed by atoms with Crippen molar-refractivity contribution in [1.29, 1.82) is 0 Å². The maximum absolute atomic E-state index is 12.7. The average molecular weight is 345 g/mol. The lowest BCUT2D eigenvalue weighted by Crippen LogP contribution is -2.54. The van der Waals surface area contributed by atoms with Gasteiger partial charge in [0.05, 0.1) is 26.0 Å². The summed E-state index contributed by atoms with van der Waals surface area (Å²) in [5, 5.41) is 2.69. The van der Waals surface area contributed by atoms with Gasteiger partial charge in [0.1, 0.15) is 17.4 Å². The number of imidazole rings is 1. The highest BCUT2D eigenvalue weighted by molar-refractivity contribution is 5.87. The van der Waals surface area contributed by atoms with Crippen LogP contribution in [-0.4, -0.2) is 75.7 Å². The molecule has 2 amide bonds. The molecule has 4 rings (SSSR count). The van der Waals surface area contributed by atoms with Gasteiger partial charge < -0.3 is 24.8 Å². The molecule has 0 bridgehead atoms. The molecule has 25 heavy (non-hydrogen) atoms. The lowest BCUT2D eigenvalue weighted by molar-refractivity contribution is -0.135. The molecular formula is C15H19N7O3. The number of alkyl carbamates (subject to hydrolysis) is 1. The molecule has 4 heterocycles. The van der Waals surface area contributed by atoms with E-state index in [1.54, 1.807) is 23.2 Å². The summed E-state index contributed by atoms with van der Waals surface area (Å²) in [6.45, 7) is 1.70. The molecule has 1 unspecified atom stereocenters. The van der Waals surface area contributed by atoms with E-state index < -0.39 is 11.7 Å². The molecule has 1 atom stereocenters. The molecule has 0 aromatic carbocycles. The number of nitrogens with one attached hydrogen (secondary N) is 2. The van der Waals surface area contributed by atoms with E-state index in [9.17, 15) is 9.59 Å². The highest BCUT2D eigenvalue weighted by Crippen LogP contribution is 2.28. The van der Waals surface area contributed by atoms with Gasteiger partial charge in [-0.1, -0.05) is 0 Å². The van der Waals surface area contributed by atoms with Gasteiger partial charge in [-0.15, -0.1) is 0 Å². The third-order valence-corrected chi connectivity index (χ3v) is 4.69. The zero-order chi connectivity index (χ0) is 17.4. The summed E-state index contributed by atoms with van der Waals surface area (Å²) in [6, 6.07) is 0. The SMILES string of the molecule is CN(CC(=O)N1CCCC2(CNC(=O)O2)C1)c1ncnc2nc[nH]c12. The zero-order valence-corrected chi connectivity index (χ0v) is 13.9. The van der Waals surface area contributed by atoms with Gasteiger partial charge in [-0.25, -0.2) is 19.7 Å². The predicted octanol–water partition coefficient (Wildman–Crippen LogP) is -0.110. The van der Waals surface area contributed by atoms with Crippen molar-refractivity contribution in [2.24, 2.45) is 0 Å². The summed E-state index contributed by atoms with van der Waals surface area (Å²) >= 11 is 0. The molecule has 0 radical (unpaired) electrons. The Morgan fingerprint density at radius 2 is 2.32 bits per heavy atom. The molecule has 0 aliphatic carbocycles. The fourth-order valence-corrected chi connectivity index (χ4v) is 3.46. The van der Waals surface area contributed by atoms with Crippen molar-refractivity contribution in [2.45, 2.75) is 18.4 Å². The number of likely N-dealkylation sites (tertiary alicyclic amines) is 1. The van der Waals surface area contributed by atoms with Crippen LogP contribution in [0.4, 0.5) is 10.6 Å². The highest BCUT2D eigenvalue weighted by atomic mass is 16.6. The minimum Gasteiger partial charge on any atom is -0.439 e. The lowest BCUT2D eigenvalue weighted by atomic mass is 9.93. The summed E-state index contributed by atoms with van der Waals surface area (Å²) in [7, 11) is 1.80. The maximum atomic E-state index is 12.7. The maximum Gasteiger partial charge on any atom is 0.407 e. The Hall–Kier alpha value is -2.91. The van der Waals surface area contributed by atoms with Gasteiger partial charge >= 0.3 is 6.09 Å². The number of likely N-dealkylation sites (N-methyl/N-ethyl adjacent to an activating group) is 1. The predicted molar refractivity (Wildman–Crippen MR) is 88.0 cm³/mol. The van der Waals surface area contributed by atoms with E-state index in [1.807, 2.05) is 0 Å². The van der Waals surface area contributed by atoms with Crippen molar-refractivity contribution in [3.8, 4) is 0 Å². The fourth-order valence-electron chi connectivity index (χ4n) is 3.46. The Labute approximate surface area is 143 Å². The molecule has 2 aromatic rings. The minimum absolute atomic E-state index is 0.0317. The van der Waals surface area contributed by atoms with Gasteiger partial charge in [-0.05, 0) is 12.8 Å². The number of carbonyl (C=O) groups is 2. The van der Waals surface area contributed by atoms with Crippen LogP contribution in [0.5, 0.6) is 0 Å². The molecule has 10 nitrogen and oxygen atoms in total. The summed E-state index contributed by atoms with van der Waals surface area (Å²) in [4.78, 5) is 43.1. The van der Waals surface area contributed by atoms with Crippen molar-refractivity contribution < 1.29 is 14.3 Å². The number of aromatic amines is 1. The van der Waals surface area contributed by atoms with Crippen LogP contribution in [0, 0.1) is 0 Å². The van der Waals surface area contributed by atoms with Gasteiger partial charge in [-0.2, -0.15) is 0 Å². The van der Waals surface area contributed by atoms with E-state index in [0.717, 1.165) is 12.8 Å². The normalized spacial score (nSPS) is 22.9. The van der Waals surface area contributed by atoms with Crippen LogP contribution < -0.4 is 10.2 Å². The molecule has 0 saturated carbocycles. The Balaban J connectivity index is 1.46. The van der Waals surface area contributed by atoms with Crippen LogP contribution >= 0.6 is 0 Å². The molecule has 1 spiro atoms. The van der Waals surface area contributed by atoms with Crippen molar-refractivity contribution in [1.82, 2.24) is 30.2 Å². The van der Waals surface area contributed by atoms with Gasteiger partial charge in [-0.3, -0.25) is 4.79 Å². The Morgan fingerprint density at radius 1 is 1.44 bits per heavy atom. The minimum atomic E-state index is -0.588. The number of anilines is 1. The Morgan fingerprint density at radius 3 is 3.12 bits per heavy atom. The molecule has 10 heteroatoms. The molecule has 2 fully saturated rings. The number of carbonyl (C=O) groups excluding carboxylic acids is 2. The number of hydrogen-bond donors (Lipinski definition) is 2. The number of amides is 2. The van der Waals surface area contributed by atoms with E-state index in [0.29, 0.717) is 36.6 Å². The van der Waals surface area contributed by atoms with E-state index in [1.165, 1.54) is 6.33 Å². The average Bonchev–Trinajstić information content (AvgIpc) is 3.21. The lowest BCUT2D eigenvalue weighted by Gasteiger charge is -2.38. The largest absolute Gasteiger partial charge is 0.439 e. The Kier molecular flexibility index (Phi) is 3.66. The molecule has 2 N–H and O–H groups in total. The van der Waals surface area contributed by atoms with Crippen LogP contribution in [0.3, 0.4) is 0 Å². The molecule has 2 aliphatic rings. The first kappa shape index (κ1) is 15.6. The van der Waals surface area contributed by atoms with Crippen LogP contribution in [0.2, 0.25) is 0 Å². The van der Waals surface area contributed by atoms with Gasteiger partial charge in [0.25, 0.3) is 0 Å². The first-order valence-electron chi connectivity index (χ1n) is 8.16. The third kappa shape index (κ3) is 2.83. The molecular weight excluding hydrogens is 326 g/mol. The molecule has 132 valence electrons. The number of fused-ring (bicyclic) bond motifs is 1. The van der Waals surface area contributed by atoms with Gasteiger partial charge in [0, 0.05) is 13.6 Å². The van der Waals surface area contributed by atoms with Gasteiger partial charge in [0.2, 0.25) is 5.91 Å².